The lowest BCUT2D eigenvalue weighted by Crippen LogP contribution is -2.03. The molecule has 0 aliphatic carbocycles. The predicted octanol–water partition coefficient (Wildman–Crippen LogP) is 3.85. The van der Waals surface area contributed by atoms with Crippen molar-refractivity contribution >= 4 is 33.3 Å². The van der Waals surface area contributed by atoms with Gasteiger partial charge < -0.3 is 4.74 Å². The standard InChI is InChI=1S/C12H14BrClO2/c1-3-16-11-5-9(7-14)4-10(6-11)12(13)8(2)15/h4-6,12H,3,7H2,1-2H3. The molecule has 0 aliphatic rings. The third-order valence-corrected chi connectivity index (χ3v) is 3.59. The number of ketones is 1. The van der Waals surface area contributed by atoms with Gasteiger partial charge in [0.1, 0.15) is 11.5 Å². The van der Waals surface area contributed by atoms with E-state index in [4.69, 9.17) is 16.3 Å². The monoisotopic (exact) mass is 304 g/mol. The molecule has 0 saturated carbocycles. The summed E-state index contributed by atoms with van der Waals surface area (Å²) in [5.41, 5.74) is 1.84. The molecule has 0 saturated heterocycles. The summed E-state index contributed by atoms with van der Waals surface area (Å²) in [5, 5.41) is 0. The van der Waals surface area contributed by atoms with E-state index in [1.54, 1.807) is 6.92 Å². The van der Waals surface area contributed by atoms with Gasteiger partial charge >= 0.3 is 0 Å². The molecule has 0 amide bonds. The van der Waals surface area contributed by atoms with Crippen LogP contribution in [0.4, 0.5) is 0 Å². The number of hydrogen-bond donors (Lipinski definition) is 0. The van der Waals surface area contributed by atoms with E-state index in [2.05, 4.69) is 15.9 Å². The molecule has 1 unspecified atom stereocenters. The fraction of sp³-hybridized carbons (Fsp3) is 0.417. The molecule has 0 radical (unpaired) electrons. The molecule has 1 rings (SSSR count). The summed E-state index contributed by atoms with van der Waals surface area (Å²) >= 11 is 9.15. The summed E-state index contributed by atoms with van der Waals surface area (Å²) in [6, 6.07) is 5.66. The van der Waals surface area contributed by atoms with E-state index in [0.29, 0.717) is 12.5 Å². The molecule has 0 N–H and O–H groups in total. The molecule has 16 heavy (non-hydrogen) atoms. The van der Waals surface area contributed by atoms with Crippen molar-refractivity contribution in [3.8, 4) is 5.75 Å². The van der Waals surface area contributed by atoms with Crippen LogP contribution in [0.5, 0.6) is 5.75 Å². The highest BCUT2D eigenvalue weighted by molar-refractivity contribution is 9.09. The van der Waals surface area contributed by atoms with Crippen LogP contribution in [0.15, 0.2) is 18.2 Å². The molecule has 1 aromatic rings. The fourth-order valence-corrected chi connectivity index (χ4v) is 1.81. The Morgan fingerprint density at radius 3 is 2.69 bits per heavy atom. The van der Waals surface area contributed by atoms with Crippen LogP contribution in [0, 0.1) is 0 Å². The molecule has 1 atom stereocenters. The van der Waals surface area contributed by atoms with Crippen molar-refractivity contribution in [1.29, 1.82) is 0 Å². The molecular formula is C12H14BrClO2. The van der Waals surface area contributed by atoms with Gasteiger partial charge in [0, 0.05) is 5.88 Å². The van der Waals surface area contributed by atoms with E-state index in [1.807, 2.05) is 25.1 Å². The second-order valence-electron chi connectivity index (χ2n) is 3.45. The molecular weight excluding hydrogens is 291 g/mol. The van der Waals surface area contributed by atoms with Crippen molar-refractivity contribution in [3.05, 3.63) is 29.3 Å². The average molecular weight is 306 g/mol. The lowest BCUT2D eigenvalue weighted by atomic mass is 10.1. The van der Waals surface area contributed by atoms with Gasteiger partial charge in [-0.25, -0.2) is 0 Å². The molecule has 0 bridgehead atoms. The van der Waals surface area contributed by atoms with Crippen LogP contribution in [-0.4, -0.2) is 12.4 Å². The van der Waals surface area contributed by atoms with Crippen molar-refractivity contribution in [2.24, 2.45) is 0 Å². The number of benzene rings is 1. The first kappa shape index (κ1) is 13.5. The first-order valence-electron chi connectivity index (χ1n) is 5.05. The maximum Gasteiger partial charge on any atom is 0.147 e. The van der Waals surface area contributed by atoms with E-state index < -0.39 is 0 Å². The van der Waals surface area contributed by atoms with Gasteiger partial charge in [-0.1, -0.05) is 22.0 Å². The van der Waals surface area contributed by atoms with Gasteiger partial charge in [0.05, 0.1) is 11.4 Å². The Labute approximate surface area is 109 Å². The molecule has 0 fully saturated rings. The van der Waals surface area contributed by atoms with Crippen LogP contribution in [0.1, 0.15) is 29.8 Å². The van der Waals surface area contributed by atoms with Crippen molar-refractivity contribution in [1.82, 2.24) is 0 Å². The van der Waals surface area contributed by atoms with E-state index >= 15 is 0 Å². The number of ether oxygens (including phenoxy) is 1. The molecule has 4 heteroatoms. The van der Waals surface area contributed by atoms with Crippen molar-refractivity contribution in [2.75, 3.05) is 6.61 Å². The Balaban J connectivity index is 3.08. The summed E-state index contributed by atoms with van der Waals surface area (Å²) in [7, 11) is 0. The van der Waals surface area contributed by atoms with E-state index in [0.717, 1.165) is 16.9 Å². The highest BCUT2D eigenvalue weighted by atomic mass is 79.9. The van der Waals surface area contributed by atoms with Crippen LogP contribution >= 0.6 is 27.5 Å². The average Bonchev–Trinajstić information content (AvgIpc) is 2.27. The van der Waals surface area contributed by atoms with Gasteiger partial charge in [0.2, 0.25) is 0 Å². The SMILES string of the molecule is CCOc1cc(CCl)cc(C(Br)C(C)=O)c1. The number of hydrogen-bond acceptors (Lipinski definition) is 2. The Kier molecular flexibility index (Phi) is 5.29. The van der Waals surface area contributed by atoms with E-state index in [1.165, 1.54) is 0 Å². The first-order valence-corrected chi connectivity index (χ1v) is 6.50. The fourth-order valence-electron chi connectivity index (χ4n) is 1.39. The molecule has 88 valence electrons. The van der Waals surface area contributed by atoms with E-state index in [-0.39, 0.29) is 10.6 Å². The molecule has 2 nitrogen and oxygen atoms in total. The maximum absolute atomic E-state index is 11.3. The second kappa shape index (κ2) is 6.26. The van der Waals surface area contributed by atoms with Crippen molar-refractivity contribution in [3.63, 3.8) is 0 Å². The van der Waals surface area contributed by atoms with Gasteiger partial charge in [-0.05, 0) is 37.1 Å². The summed E-state index contributed by atoms with van der Waals surface area (Å²) in [5.74, 6) is 1.22. The number of carbonyl (C=O) groups is 1. The van der Waals surface area contributed by atoms with Crippen molar-refractivity contribution in [2.45, 2.75) is 24.6 Å². The Bertz CT molecular complexity index is 379. The van der Waals surface area contributed by atoms with E-state index in [9.17, 15) is 4.79 Å². The topological polar surface area (TPSA) is 26.3 Å². The van der Waals surface area contributed by atoms with Crippen molar-refractivity contribution < 1.29 is 9.53 Å². The molecule has 0 aliphatic heterocycles. The third-order valence-electron chi connectivity index (χ3n) is 2.10. The number of rotatable bonds is 5. The van der Waals surface area contributed by atoms with Gasteiger partial charge in [0.15, 0.2) is 0 Å². The molecule has 0 heterocycles. The zero-order chi connectivity index (χ0) is 12.1. The van der Waals surface area contributed by atoms with Crippen LogP contribution in [0.25, 0.3) is 0 Å². The zero-order valence-corrected chi connectivity index (χ0v) is 11.6. The summed E-state index contributed by atoms with van der Waals surface area (Å²) < 4.78 is 5.43. The van der Waals surface area contributed by atoms with Gasteiger partial charge in [-0.2, -0.15) is 0 Å². The minimum absolute atomic E-state index is 0.0640. The minimum atomic E-state index is -0.296. The summed E-state index contributed by atoms with van der Waals surface area (Å²) in [4.78, 5) is 11.0. The first-order chi connectivity index (χ1) is 7.58. The van der Waals surface area contributed by atoms with Crippen LogP contribution in [0.3, 0.4) is 0 Å². The molecule has 0 aromatic heterocycles. The van der Waals surface area contributed by atoms with Crippen LogP contribution in [0.2, 0.25) is 0 Å². The minimum Gasteiger partial charge on any atom is -0.494 e. The highest BCUT2D eigenvalue weighted by Gasteiger charge is 2.14. The zero-order valence-electron chi connectivity index (χ0n) is 9.30. The largest absolute Gasteiger partial charge is 0.494 e. The lowest BCUT2D eigenvalue weighted by Gasteiger charge is -2.11. The summed E-state index contributed by atoms with van der Waals surface area (Å²) in [6.45, 7) is 4.06. The maximum atomic E-state index is 11.3. The third kappa shape index (κ3) is 3.49. The smallest absolute Gasteiger partial charge is 0.147 e. The highest BCUT2D eigenvalue weighted by Crippen LogP contribution is 2.29. The predicted molar refractivity (Wildman–Crippen MR) is 69.5 cm³/mol. The number of halogens is 2. The second-order valence-corrected chi connectivity index (χ2v) is 4.63. The number of alkyl halides is 2. The Morgan fingerprint density at radius 2 is 2.19 bits per heavy atom. The van der Waals surface area contributed by atoms with Crippen LogP contribution < -0.4 is 4.74 Å². The van der Waals surface area contributed by atoms with Gasteiger partial charge in [0.25, 0.3) is 0 Å². The normalized spacial score (nSPS) is 12.2. The van der Waals surface area contributed by atoms with Gasteiger partial charge in [-0.3, -0.25) is 4.79 Å². The molecule has 1 aromatic carbocycles. The lowest BCUT2D eigenvalue weighted by molar-refractivity contribution is -0.116. The number of Topliss-reactive ketones (excluding diaryl/α,β-unsaturated/α-hetero) is 1. The number of carbonyl (C=O) groups excluding carboxylic acids is 1. The van der Waals surface area contributed by atoms with Crippen LogP contribution in [-0.2, 0) is 10.7 Å². The summed E-state index contributed by atoms with van der Waals surface area (Å²) in [6.07, 6.45) is 0. The Hall–Kier alpha value is -0.540. The Morgan fingerprint density at radius 1 is 1.50 bits per heavy atom. The molecule has 0 spiro atoms. The van der Waals surface area contributed by atoms with Gasteiger partial charge in [-0.15, -0.1) is 11.6 Å². The quantitative estimate of drug-likeness (QED) is 0.772.